The van der Waals surface area contributed by atoms with Gasteiger partial charge >= 0.3 is 6.03 Å². The Kier molecular flexibility index (Phi) is 4.83. The van der Waals surface area contributed by atoms with Crippen LogP contribution in [0.5, 0.6) is 17.2 Å². The molecule has 8 nitrogen and oxygen atoms in total. The normalized spacial score (nSPS) is 19.6. The highest BCUT2D eigenvalue weighted by molar-refractivity contribution is 5.95. The van der Waals surface area contributed by atoms with E-state index in [1.54, 1.807) is 18.2 Å². The molecule has 3 N–H and O–H groups in total. The van der Waals surface area contributed by atoms with E-state index in [1.165, 1.54) is 7.11 Å². The molecule has 2 aromatic rings. The molecule has 2 heterocycles. The number of fused-ring (bicyclic) bond motifs is 1. The predicted molar refractivity (Wildman–Crippen MR) is 97.2 cm³/mol. The predicted octanol–water partition coefficient (Wildman–Crippen LogP) is 2.11. The summed E-state index contributed by atoms with van der Waals surface area (Å²) in [6.07, 6.45) is 0. The van der Waals surface area contributed by atoms with Crippen LogP contribution in [0.4, 0.5) is 19.3 Å². The Morgan fingerprint density at radius 2 is 1.90 bits per heavy atom. The van der Waals surface area contributed by atoms with Crippen molar-refractivity contribution >= 4 is 17.6 Å². The first-order chi connectivity index (χ1) is 14.0. The van der Waals surface area contributed by atoms with Gasteiger partial charge in [0, 0.05) is 41.9 Å². The van der Waals surface area contributed by atoms with Gasteiger partial charge in [0.25, 0.3) is 0 Å². The SMILES string of the molecule is COc1cc(F)c([C@@H]2CNC(=O)[C@@H]2NC(=O)Nc2ccc3c(c2)OCO3)c(F)c1. The lowest BCUT2D eigenvalue weighted by Gasteiger charge is -2.20. The summed E-state index contributed by atoms with van der Waals surface area (Å²) in [6, 6.07) is 5.01. The summed E-state index contributed by atoms with van der Waals surface area (Å²) < 4.78 is 44.2. The van der Waals surface area contributed by atoms with Gasteiger partial charge in [0.1, 0.15) is 23.4 Å². The van der Waals surface area contributed by atoms with E-state index in [4.69, 9.17) is 14.2 Å². The van der Waals surface area contributed by atoms with Crippen LogP contribution in [0.1, 0.15) is 11.5 Å². The Morgan fingerprint density at radius 3 is 2.62 bits per heavy atom. The second-order valence-electron chi connectivity index (χ2n) is 6.50. The maximum atomic E-state index is 14.4. The molecule has 0 saturated carbocycles. The third-order valence-electron chi connectivity index (χ3n) is 4.76. The molecule has 10 heteroatoms. The number of carbonyl (C=O) groups excluding carboxylic acids is 2. The Hall–Kier alpha value is -3.56. The molecular weight excluding hydrogens is 388 g/mol. The van der Waals surface area contributed by atoms with Crippen molar-refractivity contribution in [1.29, 1.82) is 0 Å². The number of carbonyl (C=O) groups is 2. The molecule has 0 bridgehead atoms. The van der Waals surface area contributed by atoms with E-state index in [0.717, 1.165) is 12.1 Å². The zero-order chi connectivity index (χ0) is 20.5. The minimum atomic E-state index is -1.15. The summed E-state index contributed by atoms with van der Waals surface area (Å²) in [5.41, 5.74) is 0.112. The first kappa shape index (κ1) is 18.8. The first-order valence-electron chi connectivity index (χ1n) is 8.74. The molecule has 0 aromatic heterocycles. The molecule has 29 heavy (non-hydrogen) atoms. The Morgan fingerprint density at radius 1 is 1.17 bits per heavy atom. The van der Waals surface area contributed by atoms with Gasteiger partial charge in [-0.1, -0.05) is 0 Å². The molecule has 0 radical (unpaired) electrons. The number of benzene rings is 2. The zero-order valence-electron chi connectivity index (χ0n) is 15.3. The van der Waals surface area contributed by atoms with Crippen LogP contribution in [-0.2, 0) is 4.79 Å². The van der Waals surface area contributed by atoms with E-state index in [9.17, 15) is 18.4 Å². The second-order valence-corrected chi connectivity index (χ2v) is 6.50. The molecule has 2 aromatic carbocycles. The number of methoxy groups -OCH3 is 1. The summed E-state index contributed by atoms with van der Waals surface area (Å²) >= 11 is 0. The lowest BCUT2D eigenvalue weighted by Crippen LogP contribution is -2.45. The summed E-state index contributed by atoms with van der Waals surface area (Å²) in [4.78, 5) is 24.6. The molecule has 1 saturated heterocycles. The molecule has 0 unspecified atom stereocenters. The van der Waals surface area contributed by atoms with Crippen LogP contribution in [0.25, 0.3) is 0 Å². The quantitative estimate of drug-likeness (QED) is 0.724. The highest BCUT2D eigenvalue weighted by atomic mass is 19.1. The van der Waals surface area contributed by atoms with Gasteiger partial charge in [-0.2, -0.15) is 0 Å². The zero-order valence-corrected chi connectivity index (χ0v) is 15.3. The minimum Gasteiger partial charge on any atom is -0.497 e. The van der Waals surface area contributed by atoms with E-state index in [-0.39, 0.29) is 24.7 Å². The lowest BCUT2D eigenvalue weighted by molar-refractivity contribution is -0.120. The fourth-order valence-electron chi connectivity index (χ4n) is 3.37. The molecule has 3 amide bonds. The van der Waals surface area contributed by atoms with Gasteiger partial charge < -0.3 is 30.2 Å². The molecule has 2 aliphatic rings. The fraction of sp³-hybridized carbons (Fsp3) is 0.263. The van der Waals surface area contributed by atoms with Crippen LogP contribution in [0.3, 0.4) is 0 Å². The third-order valence-corrected chi connectivity index (χ3v) is 4.76. The van der Waals surface area contributed by atoms with E-state index < -0.39 is 35.5 Å². The number of urea groups is 1. The number of amides is 3. The Labute approximate surface area is 164 Å². The van der Waals surface area contributed by atoms with Gasteiger partial charge in [-0.15, -0.1) is 0 Å². The van der Waals surface area contributed by atoms with Crippen LogP contribution in [0.15, 0.2) is 30.3 Å². The average Bonchev–Trinajstić information content (AvgIpc) is 3.28. The summed E-state index contributed by atoms with van der Waals surface area (Å²) in [7, 11) is 1.29. The Bertz CT molecular complexity index is 961. The summed E-state index contributed by atoms with van der Waals surface area (Å²) in [5.74, 6) is -2.12. The topological polar surface area (TPSA) is 97.9 Å². The highest BCUT2D eigenvalue weighted by Gasteiger charge is 2.40. The molecule has 2 atom stereocenters. The second kappa shape index (κ2) is 7.46. The van der Waals surface area contributed by atoms with Crippen molar-refractivity contribution in [3.05, 3.63) is 47.5 Å². The van der Waals surface area contributed by atoms with Crippen molar-refractivity contribution < 1.29 is 32.6 Å². The van der Waals surface area contributed by atoms with Gasteiger partial charge in [-0.25, -0.2) is 13.6 Å². The third kappa shape index (κ3) is 3.60. The summed E-state index contributed by atoms with van der Waals surface area (Å²) in [6.45, 7) is 0.0713. The summed E-state index contributed by atoms with van der Waals surface area (Å²) in [5, 5.41) is 7.57. The van der Waals surface area contributed by atoms with Crippen molar-refractivity contribution in [1.82, 2.24) is 10.6 Å². The largest absolute Gasteiger partial charge is 0.497 e. The minimum absolute atomic E-state index is 0.0195. The van der Waals surface area contributed by atoms with E-state index >= 15 is 0 Å². The molecular formula is C19H17F2N3O5. The van der Waals surface area contributed by atoms with Crippen LogP contribution in [-0.4, -0.2) is 38.4 Å². The smallest absolute Gasteiger partial charge is 0.319 e. The molecule has 152 valence electrons. The molecule has 0 aliphatic carbocycles. The maximum absolute atomic E-state index is 14.4. The lowest BCUT2D eigenvalue weighted by atomic mass is 9.93. The van der Waals surface area contributed by atoms with Gasteiger partial charge in [-0.05, 0) is 12.1 Å². The highest BCUT2D eigenvalue weighted by Crippen LogP contribution is 2.34. The molecule has 2 aliphatic heterocycles. The number of hydrogen-bond donors (Lipinski definition) is 3. The van der Waals surface area contributed by atoms with Crippen LogP contribution < -0.4 is 30.2 Å². The van der Waals surface area contributed by atoms with Crippen LogP contribution in [0.2, 0.25) is 0 Å². The van der Waals surface area contributed by atoms with E-state index in [2.05, 4.69) is 16.0 Å². The van der Waals surface area contributed by atoms with Crippen molar-refractivity contribution in [2.24, 2.45) is 0 Å². The van der Waals surface area contributed by atoms with Gasteiger partial charge in [-0.3, -0.25) is 4.79 Å². The van der Waals surface area contributed by atoms with Gasteiger partial charge in [0.15, 0.2) is 11.5 Å². The van der Waals surface area contributed by atoms with Crippen molar-refractivity contribution in [3.8, 4) is 17.2 Å². The van der Waals surface area contributed by atoms with Gasteiger partial charge in [0.05, 0.1) is 7.11 Å². The fourth-order valence-corrected chi connectivity index (χ4v) is 3.37. The number of rotatable bonds is 4. The van der Waals surface area contributed by atoms with Gasteiger partial charge in [0.2, 0.25) is 12.7 Å². The first-order valence-corrected chi connectivity index (χ1v) is 8.74. The average molecular weight is 405 g/mol. The monoisotopic (exact) mass is 405 g/mol. The number of ether oxygens (including phenoxy) is 3. The molecule has 1 fully saturated rings. The van der Waals surface area contributed by atoms with E-state index in [1.807, 2.05) is 0 Å². The van der Waals surface area contributed by atoms with Crippen LogP contribution >= 0.6 is 0 Å². The number of hydrogen-bond acceptors (Lipinski definition) is 5. The molecule has 0 spiro atoms. The number of nitrogens with one attached hydrogen (secondary N) is 3. The van der Waals surface area contributed by atoms with Crippen molar-refractivity contribution in [3.63, 3.8) is 0 Å². The number of halogens is 2. The van der Waals surface area contributed by atoms with Crippen molar-refractivity contribution in [2.45, 2.75) is 12.0 Å². The van der Waals surface area contributed by atoms with Crippen LogP contribution in [0, 0.1) is 11.6 Å². The standard InChI is InChI=1S/C19H17F2N3O5/c1-27-10-5-12(20)16(13(21)6-10)11-7-22-18(25)17(11)24-19(26)23-9-2-3-14-15(4-9)29-8-28-14/h2-6,11,17H,7-8H2,1H3,(H,22,25)(H2,23,24,26)/t11-,17+/m0/s1. The van der Waals surface area contributed by atoms with E-state index in [0.29, 0.717) is 17.2 Å². The van der Waals surface area contributed by atoms with Crippen molar-refractivity contribution in [2.75, 3.05) is 25.8 Å². The maximum Gasteiger partial charge on any atom is 0.319 e. The Balaban J connectivity index is 1.51. The molecule has 4 rings (SSSR count). The number of anilines is 1.